The predicted octanol–water partition coefficient (Wildman–Crippen LogP) is 1.15. The van der Waals surface area contributed by atoms with Crippen LogP contribution in [0.1, 0.15) is 0 Å². The van der Waals surface area contributed by atoms with Crippen molar-refractivity contribution in [1.29, 1.82) is 0 Å². The topological polar surface area (TPSA) is 60.7 Å². The number of nitrogens with zero attached hydrogens (tertiary/aromatic N) is 2. The minimum atomic E-state index is 0.414. The fraction of sp³-hybridized carbons (Fsp3) is 0. The van der Waals surface area contributed by atoms with Crippen molar-refractivity contribution in [2.75, 3.05) is 5.73 Å². The van der Waals surface area contributed by atoms with Gasteiger partial charge >= 0.3 is 0 Å². The first-order chi connectivity index (χ1) is 4.34. The van der Waals surface area contributed by atoms with Crippen LogP contribution in [0.15, 0.2) is 29.4 Å². The molecule has 0 aliphatic rings. The molecule has 0 aliphatic heterocycles. The van der Waals surface area contributed by atoms with Crippen LogP contribution in [0.25, 0.3) is 0 Å². The van der Waals surface area contributed by atoms with Crippen molar-refractivity contribution >= 4 is 11.4 Å². The van der Waals surface area contributed by atoms with Crippen LogP contribution in [0.4, 0.5) is 11.4 Å². The van der Waals surface area contributed by atoms with E-state index >= 15 is 0 Å². The molecule has 2 N–H and O–H groups in total. The maximum atomic E-state index is 8.26. The Morgan fingerprint density at radius 2 is 2.00 bits per heavy atom. The number of rotatable bonds is 1. The first kappa shape index (κ1) is 5.75. The Kier molecular flexibility index (Phi) is 1.44. The highest BCUT2D eigenvalue weighted by Gasteiger charge is 1.90. The van der Waals surface area contributed by atoms with Gasteiger partial charge in [0.1, 0.15) is 5.69 Å². The zero-order chi connectivity index (χ0) is 6.69. The summed E-state index contributed by atoms with van der Waals surface area (Å²) < 4.78 is 0. The van der Waals surface area contributed by atoms with E-state index in [9.17, 15) is 0 Å². The Hall–Kier alpha value is -1.38. The first-order valence-corrected chi connectivity index (χ1v) is 2.54. The lowest BCUT2D eigenvalue weighted by molar-refractivity contribution is 1.31. The molecule has 0 bridgehead atoms. The van der Waals surface area contributed by atoms with E-state index < -0.39 is 0 Å². The second-order valence-corrected chi connectivity index (χ2v) is 1.66. The SMILES string of the molecule is [N]=Nc1ccccc1N. The summed E-state index contributed by atoms with van der Waals surface area (Å²) in [5.41, 5.74) is 14.5. The largest absolute Gasteiger partial charge is 0.397 e. The molecule has 1 rings (SSSR count). The maximum absolute atomic E-state index is 8.26. The van der Waals surface area contributed by atoms with E-state index in [2.05, 4.69) is 5.11 Å². The molecule has 0 unspecified atom stereocenters. The molecule has 3 heteroatoms. The molecule has 0 saturated carbocycles. The first-order valence-electron chi connectivity index (χ1n) is 2.54. The van der Waals surface area contributed by atoms with Gasteiger partial charge in [0.15, 0.2) is 0 Å². The second kappa shape index (κ2) is 2.26. The van der Waals surface area contributed by atoms with E-state index in [-0.39, 0.29) is 0 Å². The molecule has 3 nitrogen and oxygen atoms in total. The number of nitrogen functional groups attached to an aromatic ring is 1. The number of anilines is 1. The van der Waals surface area contributed by atoms with Crippen molar-refractivity contribution in [1.82, 2.24) is 5.53 Å². The molecule has 9 heavy (non-hydrogen) atoms. The molecule has 0 spiro atoms. The van der Waals surface area contributed by atoms with Crippen molar-refractivity contribution in [3.05, 3.63) is 24.3 Å². The van der Waals surface area contributed by atoms with Crippen LogP contribution in [0.3, 0.4) is 0 Å². The van der Waals surface area contributed by atoms with Gasteiger partial charge in [0, 0.05) is 0 Å². The molecule has 1 aromatic rings. The van der Waals surface area contributed by atoms with Gasteiger partial charge < -0.3 is 5.73 Å². The minimum Gasteiger partial charge on any atom is -0.397 e. The van der Waals surface area contributed by atoms with Gasteiger partial charge in [-0.3, -0.25) is 0 Å². The van der Waals surface area contributed by atoms with Crippen molar-refractivity contribution in [2.24, 2.45) is 5.11 Å². The minimum absolute atomic E-state index is 0.414. The molecule has 0 aliphatic carbocycles. The maximum Gasteiger partial charge on any atom is 0.110 e. The summed E-state index contributed by atoms with van der Waals surface area (Å²) >= 11 is 0. The van der Waals surface area contributed by atoms with Crippen LogP contribution in [-0.4, -0.2) is 0 Å². The molecule has 0 aromatic heterocycles. The van der Waals surface area contributed by atoms with E-state index in [0.29, 0.717) is 11.4 Å². The lowest BCUT2D eigenvalue weighted by Gasteiger charge is -1.92. The smallest absolute Gasteiger partial charge is 0.110 e. The Balaban J connectivity index is 3.15. The molecule has 1 radical (unpaired) electrons. The lowest BCUT2D eigenvalue weighted by atomic mass is 10.3. The summed E-state index contributed by atoms with van der Waals surface area (Å²) in [6.07, 6.45) is 0. The Morgan fingerprint density at radius 1 is 1.33 bits per heavy atom. The summed E-state index contributed by atoms with van der Waals surface area (Å²) in [4.78, 5) is 0. The van der Waals surface area contributed by atoms with Gasteiger partial charge in [0.25, 0.3) is 0 Å². The zero-order valence-electron chi connectivity index (χ0n) is 4.78. The highest BCUT2D eigenvalue weighted by molar-refractivity contribution is 5.61. The van der Waals surface area contributed by atoms with Gasteiger partial charge in [-0.2, -0.15) is 0 Å². The normalized spacial score (nSPS) is 8.89. The van der Waals surface area contributed by atoms with E-state index in [1.807, 2.05) is 0 Å². The number of para-hydroxylation sites is 1. The van der Waals surface area contributed by atoms with Crippen LogP contribution in [0.5, 0.6) is 0 Å². The van der Waals surface area contributed by atoms with Crippen molar-refractivity contribution < 1.29 is 0 Å². The summed E-state index contributed by atoms with van der Waals surface area (Å²) in [6.45, 7) is 0. The fourth-order valence-corrected chi connectivity index (χ4v) is 0.579. The Bertz CT molecular complexity index is 219. The number of benzene rings is 1. The number of nitrogens with two attached hydrogens (primary N) is 1. The quantitative estimate of drug-likeness (QED) is 0.438. The third kappa shape index (κ3) is 1.05. The molecule has 0 amide bonds. The van der Waals surface area contributed by atoms with Gasteiger partial charge in [-0.15, -0.1) is 5.11 Å². The van der Waals surface area contributed by atoms with Crippen LogP contribution in [-0.2, 0) is 0 Å². The van der Waals surface area contributed by atoms with E-state index in [1.165, 1.54) is 0 Å². The third-order valence-corrected chi connectivity index (χ3v) is 1.04. The van der Waals surface area contributed by atoms with Gasteiger partial charge in [0.05, 0.1) is 5.69 Å². The molecule has 0 heterocycles. The second-order valence-electron chi connectivity index (χ2n) is 1.66. The molecule has 0 atom stereocenters. The Morgan fingerprint density at radius 3 is 2.44 bits per heavy atom. The van der Waals surface area contributed by atoms with Gasteiger partial charge in [-0.25, -0.2) is 0 Å². The summed E-state index contributed by atoms with van der Waals surface area (Å²) in [7, 11) is 0. The van der Waals surface area contributed by atoms with E-state index in [1.54, 1.807) is 24.3 Å². The molecule has 1 aromatic carbocycles. The fourth-order valence-electron chi connectivity index (χ4n) is 0.579. The van der Waals surface area contributed by atoms with Crippen LogP contribution >= 0.6 is 0 Å². The highest BCUT2D eigenvalue weighted by Crippen LogP contribution is 2.18. The average molecular weight is 120 g/mol. The molecular weight excluding hydrogens is 114 g/mol. The molecule has 0 saturated heterocycles. The third-order valence-electron chi connectivity index (χ3n) is 1.04. The lowest BCUT2D eigenvalue weighted by Crippen LogP contribution is -1.82. The van der Waals surface area contributed by atoms with E-state index in [4.69, 9.17) is 11.3 Å². The Labute approximate surface area is 53.0 Å². The zero-order valence-corrected chi connectivity index (χ0v) is 4.78. The summed E-state index contributed by atoms with van der Waals surface area (Å²) in [6, 6.07) is 6.85. The van der Waals surface area contributed by atoms with Crippen LogP contribution < -0.4 is 11.3 Å². The van der Waals surface area contributed by atoms with Crippen LogP contribution in [0, 0.1) is 0 Å². The van der Waals surface area contributed by atoms with Crippen molar-refractivity contribution in [3.8, 4) is 0 Å². The summed E-state index contributed by atoms with van der Waals surface area (Å²) in [5.74, 6) is 0. The average Bonchev–Trinajstić information content (AvgIpc) is 1.89. The van der Waals surface area contributed by atoms with E-state index in [0.717, 1.165) is 0 Å². The number of hydrogen-bond donors (Lipinski definition) is 1. The summed E-state index contributed by atoms with van der Waals surface area (Å²) in [5, 5.41) is 2.95. The molecule has 0 fully saturated rings. The number of hydrogen-bond acceptors (Lipinski definition) is 2. The standard InChI is InChI=1S/C6H6N3/c7-5-3-1-2-4-6(5)9-8/h1-4H,7H2. The molecular formula is C6H6N3. The van der Waals surface area contributed by atoms with Crippen molar-refractivity contribution in [2.45, 2.75) is 0 Å². The van der Waals surface area contributed by atoms with Crippen LogP contribution in [0.2, 0.25) is 0 Å². The predicted molar refractivity (Wildman–Crippen MR) is 35.1 cm³/mol. The monoisotopic (exact) mass is 120 g/mol. The van der Waals surface area contributed by atoms with Gasteiger partial charge in [0.2, 0.25) is 0 Å². The van der Waals surface area contributed by atoms with Gasteiger partial charge in [-0.1, -0.05) is 12.1 Å². The van der Waals surface area contributed by atoms with Crippen molar-refractivity contribution in [3.63, 3.8) is 0 Å². The van der Waals surface area contributed by atoms with Gasteiger partial charge in [-0.05, 0) is 17.7 Å². The molecule has 45 valence electrons. The highest BCUT2D eigenvalue weighted by atomic mass is 15.0.